The minimum absolute atomic E-state index is 0.635. The van der Waals surface area contributed by atoms with E-state index in [1.807, 2.05) is 42.5 Å². The molecular formula is C48H26N2. The Morgan fingerprint density at radius 3 is 1.72 bits per heavy atom. The number of hydrogen-bond donors (Lipinski definition) is 0. The normalized spacial score (nSPS) is 11.6. The number of benzene rings is 9. The van der Waals surface area contributed by atoms with Crippen molar-refractivity contribution in [3.8, 4) is 61.7 Å². The molecule has 9 aromatic rings. The number of para-hydroxylation sites is 1. The van der Waals surface area contributed by atoms with Crippen LogP contribution in [-0.4, -0.2) is 0 Å². The third kappa shape index (κ3) is 3.94. The van der Waals surface area contributed by atoms with Crippen LogP contribution >= 0.6 is 0 Å². The molecule has 0 radical (unpaired) electrons. The van der Waals surface area contributed by atoms with Gasteiger partial charge in [0.2, 0.25) is 0 Å². The van der Waals surface area contributed by atoms with Crippen LogP contribution < -0.4 is 0 Å². The van der Waals surface area contributed by atoms with Crippen LogP contribution in [0.3, 0.4) is 0 Å². The molecule has 50 heavy (non-hydrogen) atoms. The highest BCUT2D eigenvalue weighted by Gasteiger charge is 2.26. The molecule has 0 aliphatic heterocycles. The smallest absolute Gasteiger partial charge is 0.194 e. The molecule has 1 aliphatic rings. The first-order valence-electron chi connectivity index (χ1n) is 16.8. The topological polar surface area (TPSA) is 28.1 Å². The van der Waals surface area contributed by atoms with Gasteiger partial charge in [0, 0.05) is 5.56 Å². The van der Waals surface area contributed by atoms with Gasteiger partial charge in [0.15, 0.2) is 5.69 Å². The molecule has 228 valence electrons. The summed E-state index contributed by atoms with van der Waals surface area (Å²) in [6, 6.07) is 57.9. The quantitative estimate of drug-likeness (QED) is 0.141. The maximum absolute atomic E-state index is 10.1. The van der Waals surface area contributed by atoms with Crippen molar-refractivity contribution in [2.45, 2.75) is 0 Å². The summed E-state index contributed by atoms with van der Waals surface area (Å²) in [5.74, 6) is 0. The lowest BCUT2D eigenvalue weighted by molar-refractivity contribution is 1.48. The zero-order valence-electron chi connectivity index (χ0n) is 26.9. The van der Waals surface area contributed by atoms with E-state index in [0.717, 1.165) is 54.6 Å². The highest BCUT2D eigenvalue weighted by molar-refractivity contribution is 6.28. The first-order valence-corrected chi connectivity index (χ1v) is 16.8. The number of fused-ring (bicyclic) bond motifs is 8. The van der Waals surface area contributed by atoms with Crippen LogP contribution in [-0.2, 0) is 0 Å². The lowest BCUT2D eigenvalue weighted by atomic mass is 9.85. The second-order valence-electron chi connectivity index (χ2n) is 13.0. The van der Waals surface area contributed by atoms with Gasteiger partial charge in [-0.15, -0.1) is 0 Å². The molecule has 10 rings (SSSR count). The molecule has 0 heterocycles. The zero-order chi connectivity index (χ0) is 33.3. The van der Waals surface area contributed by atoms with E-state index in [1.54, 1.807) is 0 Å². The van der Waals surface area contributed by atoms with E-state index in [2.05, 4.69) is 126 Å². The summed E-state index contributed by atoms with van der Waals surface area (Å²) in [4.78, 5) is 3.96. The molecule has 0 atom stereocenters. The second-order valence-corrected chi connectivity index (χ2v) is 13.0. The summed E-state index contributed by atoms with van der Waals surface area (Å²) < 4.78 is 0. The Balaban J connectivity index is 1.37. The fourth-order valence-corrected chi connectivity index (χ4v) is 8.27. The van der Waals surface area contributed by atoms with Gasteiger partial charge in [0.1, 0.15) is 0 Å². The number of hydrogen-bond acceptors (Lipinski definition) is 1. The number of nitrogens with zero attached hydrogens (tertiary/aromatic N) is 2. The number of rotatable bonds is 3. The van der Waals surface area contributed by atoms with Crippen molar-refractivity contribution in [2.24, 2.45) is 0 Å². The van der Waals surface area contributed by atoms with Crippen molar-refractivity contribution in [1.29, 1.82) is 5.26 Å². The minimum Gasteiger partial charge on any atom is -0.238 e. The Hall–Kier alpha value is -7.00. The Kier molecular flexibility index (Phi) is 6.04. The molecule has 0 spiro atoms. The Morgan fingerprint density at radius 2 is 0.920 bits per heavy atom. The summed E-state index contributed by atoms with van der Waals surface area (Å²) in [6.07, 6.45) is 0. The molecule has 0 aromatic heterocycles. The highest BCUT2D eigenvalue weighted by Crippen LogP contribution is 2.53. The van der Waals surface area contributed by atoms with Crippen LogP contribution in [0.4, 0.5) is 5.69 Å². The van der Waals surface area contributed by atoms with Crippen molar-refractivity contribution < 1.29 is 0 Å². The van der Waals surface area contributed by atoms with E-state index >= 15 is 0 Å². The van der Waals surface area contributed by atoms with Crippen LogP contribution in [0, 0.1) is 17.9 Å². The zero-order valence-corrected chi connectivity index (χ0v) is 26.9. The summed E-state index contributed by atoms with van der Waals surface area (Å²) in [7, 11) is 0. The molecule has 2 heteroatoms. The largest absolute Gasteiger partial charge is 0.238 e. The first-order chi connectivity index (χ1) is 24.7. The Labute approximate surface area is 289 Å². The van der Waals surface area contributed by atoms with Crippen molar-refractivity contribution in [2.75, 3.05) is 0 Å². The van der Waals surface area contributed by atoms with Crippen LogP contribution in [0.1, 0.15) is 5.56 Å². The van der Waals surface area contributed by atoms with E-state index in [1.165, 1.54) is 44.2 Å². The van der Waals surface area contributed by atoms with Gasteiger partial charge in [-0.05, 0) is 123 Å². The molecule has 0 fully saturated rings. The van der Waals surface area contributed by atoms with Gasteiger partial charge in [0.25, 0.3) is 0 Å². The van der Waals surface area contributed by atoms with Crippen LogP contribution in [0.15, 0.2) is 158 Å². The third-order valence-corrected chi connectivity index (χ3v) is 10.5. The summed E-state index contributed by atoms with van der Waals surface area (Å²) in [5.41, 5.74) is 12.6. The van der Waals surface area contributed by atoms with Crippen molar-refractivity contribution in [3.05, 3.63) is 175 Å². The predicted molar refractivity (Wildman–Crippen MR) is 208 cm³/mol. The van der Waals surface area contributed by atoms with E-state index in [4.69, 9.17) is 6.57 Å². The van der Waals surface area contributed by atoms with Gasteiger partial charge < -0.3 is 0 Å². The van der Waals surface area contributed by atoms with Crippen molar-refractivity contribution >= 4 is 48.8 Å². The molecule has 2 nitrogen and oxygen atoms in total. The summed E-state index contributed by atoms with van der Waals surface area (Å²) in [6.45, 7) is 8.07. The fourth-order valence-electron chi connectivity index (χ4n) is 8.27. The SMILES string of the molecule is [C-]#[N+]c1ccccc1-c1cc2c3ccccc3c(-c3ccccc3C#N)cc2c2cc3c(cc12)-c1cccc2c(-c4ccccc4)ccc-3c12. The maximum atomic E-state index is 10.1. The van der Waals surface area contributed by atoms with E-state index < -0.39 is 0 Å². The van der Waals surface area contributed by atoms with Crippen LogP contribution in [0.25, 0.3) is 104 Å². The molecule has 0 saturated carbocycles. The van der Waals surface area contributed by atoms with Crippen molar-refractivity contribution in [3.63, 3.8) is 0 Å². The predicted octanol–water partition coefficient (Wildman–Crippen LogP) is 13.4. The molecule has 0 N–H and O–H groups in total. The number of nitriles is 1. The minimum atomic E-state index is 0.635. The lowest BCUT2D eigenvalue weighted by Crippen LogP contribution is -1.91. The lowest BCUT2D eigenvalue weighted by Gasteiger charge is -2.18. The average molecular weight is 631 g/mol. The summed E-state index contributed by atoms with van der Waals surface area (Å²) in [5, 5.41) is 19.4. The average Bonchev–Trinajstić information content (AvgIpc) is 3.50. The van der Waals surface area contributed by atoms with Gasteiger partial charge in [0.05, 0.1) is 18.2 Å². The maximum Gasteiger partial charge on any atom is 0.194 e. The molecule has 0 saturated heterocycles. The molecule has 1 aliphatic carbocycles. The van der Waals surface area contributed by atoms with E-state index in [9.17, 15) is 5.26 Å². The monoisotopic (exact) mass is 630 g/mol. The van der Waals surface area contributed by atoms with Crippen LogP contribution in [0.2, 0.25) is 0 Å². The molecule has 0 amide bonds. The molecule has 9 aromatic carbocycles. The first kappa shape index (κ1) is 28.1. The molecular weight excluding hydrogens is 605 g/mol. The van der Waals surface area contributed by atoms with Gasteiger partial charge in [-0.2, -0.15) is 5.26 Å². The van der Waals surface area contributed by atoms with Gasteiger partial charge in [-0.3, -0.25) is 0 Å². The van der Waals surface area contributed by atoms with Gasteiger partial charge >= 0.3 is 0 Å². The van der Waals surface area contributed by atoms with Gasteiger partial charge in [-0.1, -0.05) is 127 Å². The van der Waals surface area contributed by atoms with E-state index in [0.29, 0.717) is 11.3 Å². The van der Waals surface area contributed by atoms with E-state index in [-0.39, 0.29) is 0 Å². The molecule has 0 bridgehead atoms. The summed E-state index contributed by atoms with van der Waals surface area (Å²) >= 11 is 0. The van der Waals surface area contributed by atoms with Gasteiger partial charge in [-0.25, -0.2) is 4.85 Å². The third-order valence-electron chi connectivity index (χ3n) is 10.5. The Morgan fingerprint density at radius 1 is 0.380 bits per heavy atom. The van der Waals surface area contributed by atoms with Crippen LogP contribution in [0.5, 0.6) is 0 Å². The molecule has 0 unspecified atom stereocenters. The highest BCUT2D eigenvalue weighted by atomic mass is 14.6. The Bertz CT molecular complexity index is 2990. The fraction of sp³-hybridized carbons (Fsp3) is 0. The second kappa shape index (κ2) is 10.8. The van der Waals surface area contributed by atoms with Crippen molar-refractivity contribution in [1.82, 2.24) is 0 Å². The standard InChI is InChI=1S/C48H26N2/c1-50-47-21-10-9-18-35(47)41-25-40-34-17-8-7-16-33(34)39(31-15-6-5-14-30(31)28-49)24-44(40)46-27-43-38-23-22-32(29-12-3-2-4-13-29)36-19-11-20-37(48(36)38)42(43)26-45(41)46/h2-27H.